The fourth-order valence-electron chi connectivity index (χ4n) is 3.75. The largest absolute Gasteiger partial charge is 0.374 e. The molecule has 0 spiro atoms. The van der Waals surface area contributed by atoms with Crippen LogP contribution in [0.15, 0.2) is 0 Å². The quantitative estimate of drug-likeness (QED) is 0.685. The van der Waals surface area contributed by atoms with Crippen molar-refractivity contribution < 1.29 is 4.74 Å². The first-order chi connectivity index (χ1) is 7.33. The van der Waals surface area contributed by atoms with Gasteiger partial charge in [0.15, 0.2) is 0 Å². The SMILES string of the molecule is CCC1COC(CC)(C(C)C(C)C)C1(C)C. The molecule has 0 aliphatic carbocycles. The van der Waals surface area contributed by atoms with Gasteiger partial charge in [0, 0.05) is 0 Å². The molecule has 0 bridgehead atoms. The minimum atomic E-state index is 0.0852. The van der Waals surface area contributed by atoms with E-state index in [-0.39, 0.29) is 5.60 Å². The van der Waals surface area contributed by atoms with Gasteiger partial charge in [-0.3, -0.25) is 0 Å². The molecule has 0 radical (unpaired) electrons. The highest BCUT2D eigenvalue weighted by Gasteiger charge is 2.57. The van der Waals surface area contributed by atoms with Crippen LogP contribution in [0.2, 0.25) is 0 Å². The zero-order chi connectivity index (χ0) is 12.6. The second kappa shape index (κ2) is 4.68. The third kappa shape index (κ3) is 1.81. The molecular formula is C15H30O. The van der Waals surface area contributed by atoms with E-state index in [9.17, 15) is 0 Å². The van der Waals surface area contributed by atoms with E-state index in [1.54, 1.807) is 0 Å². The Morgan fingerprint density at radius 2 is 1.75 bits per heavy atom. The molecule has 1 rings (SSSR count). The zero-order valence-electron chi connectivity index (χ0n) is 12.3. The second-order valence-corrected chi connectivity index (χ2v) is 6.41. The van der Waals surface area contributed by atoms with Gasteiger partial charge >= 0.3 is 0 Å². The van der Waals surface area contributed by atoms with E-state index in [4.69, 9.17) is 4.74 Å². The van der Waals surface area contributed by atoms with Crippen LogP contribution in [0.5, 0.6) is 0 Å². The third-order valence-corrected chi connectivity index (χ3v) is 5.41. The zero-order valence-corrected chi connectivity index (χ0v) is 12.3. The van der Waals surface area contributed by atoms with E-state index in [0.717, 1.165) is 13.0 Å². The molecule has 1 nitrogen and oxygen atoms in total. The lowest BCUT2D eigenvalue weighted by Gasteiger charge is -2.47. The van der Waals surface area contributed by atoms with E-state index in [0.29, 0.717) is 23.2 Å². The summed E-state index contributed by atoms with van der Waals surface area (Å²) in [5.74, 6) is 2.03. The van der Waals surface area contributed by atoms with Crippen LogP contribution in [-0.2, 0) is 4.74 Å². The molecule has 1 saturated heterocycles. The first-order valence-electron chi connectivity index (χ1n) is 6.97. The van der Waals surface area contributed by atoms with Crippen molar-refractivity contribution in [2.75, 3.05) is 6.61 Å². The maximum atomic E-state index is 6.33. The highest BCUT2D eigenvalue weighted by molar-refractivity contribution is 5.05. The summed E-state index contributed by atoms with van der Waals surface area (Å²) in [5, 5.41) is 0. The summed E-state index contributed by atoms with van der Waals surface area (Å²) in [5.41, 5.74) is 0.391. The fourth-order valence-corrected chi connectivity index (χ4v) is 3.75. The van der Waals surface area contributed by atoms with E-state index in [1.807, 2.05) is 0 Å². The van der Waals surface area contributed by atoms with Crippen molar-refractivity contribution >= 4 is 0 Å². The molecule has 1 heteroatoms. The molecule has 0 saturated carbocycles. The van der Waals surface area contributed by atoms with E-state index in [2.05, 4.69) is 48.5 Å². The molecule has 0 aromatic heterocycles. The van der Waals surface area contributed by atoms with Crippen molar-refractivity contribution in [3.8, 4) is 0 Å². The molecule has 0 amide bonds. The van der Waals surface area contributed by atoms with E-state index >= 15 is 0 Å². The van der Waals surface area contributed by atoms with Crippen LogP contribution in [0.4, 0.5) is 0 Å². The first-order valence-corrected chi connectivity index (χ1v) is 6.97. The lowest BCUT2D eigenvalue weighted by atomic mass is 9.60. The maximum absolute atomic E-state index is 6.33. The summed E-state index contributed by atoms with van der Waals surface area (Å²) in [6.45, 7) is 17.4. The van der Waals surface area contributed by atoms with Crippen LogP contribution < -0.4 is 0 Å². The topological polar surface area (TPSA) is 9.23 Å². The van der Waals surface area contributed by atoms with Gasteiger partial charge in [0.1, 0.15) is 0 Å². The molecule has 1 heterocycles. The predicted octanol–water partition coefficient (Wildman–Crippen LogP) is 4.51. The number of ether oxygens (including phenoxy) is 1. The van der Waals surface area contributed by atoms with Gasteiger partial charge in [-0.25, -0.2) is 0 Å². The Morgan fingerprint density at radius 3 is 2.06 bits per heavy atom. The number of hydrogen-bond donors (Lipinski definition) is 0. The summed E-state index contributed by atoms with van der Waals surface area (Å²) in [6, 6.07) is 0. The number of hydrogen-bond acceptors (Lipinski definition) is 1. The summed E-state index contributed by atoms with van der Waals surface area (Å²) in [7, 11) is 0. The monoisotopic (exact) mass is 226 g/mol. The summed E-state index contributed by atoms with van der Waals surface area (Å²) in [6.07, 6.45) is 2.37. The Balaban J connectivity index is 3.06. The van der Waals surface area contributed by atoms with Gasteiger partial charge < -0.3 is 4.74 Å². The molecule has 16 heavy (non-hydrogen) atoms. The molecule has 0 N–H and O–H groups in total. The Bertz CT molecular complexity index is 232. The van der Waals surface area contributed by atoms with Gasteiger partial charge in [-0.15, -0.1) is 0 Å². The highest BCUT2D eigenvalue weighted by atomic mass is 16.5. The first kappa shape index (κ1) is 14.0. The minimum absolute atomic E-state index is 0.0852. The van der Waals surface area contributed by atoms with Crippen molar-refractivity contribution in [2.45, 2.75) is 66.9 Å². The van der Waals surface area contributed by atoms with Crippen LogP contribution >= 0.6 is 0 Å². The van der Waals surface area contributed by atoms with Crippen molar-refractivity contribution in [1.82, 2.24) is 0 Å². The summed E-state index contributed by atoms with van der Waals surface area (Å²) < 4.78 is 6.33. The van der Waals surface area contributed by atoms with Crippen molar-refractivity contribution in [1.29, 1.82) is 0 Å². The maximum Gasteiger partial charge on any atom is 0.0761 e. The van der Waals surface area contributed by atoms with Crippen molar-refractivity contribution in [2.24, 2.45) is 23.2 Å². The molecule has 3 unspecified atom stereocenters. The van der Waals surface area contributed by atoms with Crippen molar-refractivity contribution in [3.05, 3.63) is 0 Å². The minimum Gasteiger partial charge on any atom is -0.374 e. The van der Waals surface area contributed by atoms with Gasteiger partial charge in [0.05, 0.1) is 12.2 Å². The lowest BCUT2D eigenvalue weighted by Crippen LogP contribution is -2.50. The fraction of sp³-hybridized carbons (Fsp3) is 1.00. The Kier molecular flexibility index (Phi) is 4.10. The van der Waals surface area contributed by atoms with Crippen molar-refractivity contribution in [3.63, 3.8) is 0 Å². The molecule has 0 aromatic rings. The Labute approximate surface area is 102 Å². The normalized spacial score (nSPS) is 35.6. The average Bonchev–Trinajstić information content (AvgIpc) is 2.48. The average molecular weight is 226 g/mol. The number of rotatable bonds is 4. The van der Waals surface area contributed by atoms with Crippen LogP contribution in [0.25, 0.3) is 0 Å². The standard InChI is InChI=1S/C15H30O/c1-8-13-10-16-15(9-2,14(13,6)7)12(5)11(3)4/h11-13H,8-10H2,1-7H3. The van der Waals surface area contributed by atoms with Crippen LogP contribution in [0, 0.1) is 23.2 Å². The molecule has 1 aliphatic rings. The molecule has 96 valence electrons. The summed E-state index contributed by atoms with van der Waals surface area (Å²) >= 11 is 0. The van der Waals surface area contributed by atoms with Gasteiger partial charge in [0.25, 0.3) is 0 Å². The molecule has 3 atom stereocenters. The highest BCUT2D eigenvalue weighted by Crippen LogP contribution is 2.55. The second-order valence-electron chi connectivity index (χ2n) is 6.41. The molecular weight excluding hydrogens is 196 g/mol. The van der Waals surface area contributed by atoms with E-state index < -0.39 is 0 Å². The predicted molar refractivity (Wildman–Crippen MR) is 70.5 cm³/mol. The molecule has 1 fully saturated rings. The van der Waals surface area contributed by atoms with Gasteiger partial charge in [0.2, 0.25) is 0 Å². The molecule has 1 aliphatic heterocycles. The van der Waals surface area contributed by atoms with Crippen LogP contribution in [0.3, 0.4) is 0 Å². The Hall–Kier alpha value is -0.0400. The van der Waals surface area contributed by atoms with Gasteiger partial charge in [-0.05, 0) is 29.6 Å². The smallest absolute Gasteiger partial charge is 0.0761 e. The Morgan fingerprint density at radius 1 is 1.19 bits per heavy atom. The lowest BCUT2D eigenvalue weighted by molar-refractivity contribution is -0.109. The van der Waals surface area contributed by atoms with Gasteiger partial charge in [-0.1, -0.05) is 54.9 Å². The van der Waals surface area contributed by atoms with E-state index in [1.165, 1.54) is 6.42 Å². The van der Waals surface area contributed by atoms with Crippen LogP contribution in [0.1, 0.15) is 61.3 Å². The third-order valence-electron chi connectivity index (χ3n) is 5.41. The summed E-state index contributed by atoms with van der Waals surface area (Å²) in [4.78, 5) is 0. The van der Waals surface area contributed by atoms with Gasteiger partial charge in [-0.2, -0.15) is 0 Å². The van der Waals surface area contributed by atoms with Crippen LogP contribution in [-0.4, -0.2) is 12.2 Å². The molecule has 0 aromatic carbocycles.